The highest BCUT2D eigenvalue weighted by molar-refractivity contribution is 7.98. The Kier molecular flexibility index (Phi) is 7.19. The Bertz CT molecular complexity index is 684. The molecule has 0 aromatic heterocycles. The van der Waals surface area contributed by atoms with Gasteiger partial charge in [-0.15, -0.1) is 11.8 Å². The molecule has 140 valence electrons. The molecule has 0 radical (unpaired) electrons. The van der Waals surface area contributed by atoms with Crippen molar-refractivity contribution >= 4 is 11.8 Å². The lowest BCUT2D eigenvalue weighted by molar-refractivity contribution is 0.252. The first kappa shape index (κ1) is 19.5. The second-order valence-corrected chi connectivity index (χ2v) is 8.64. The van der Waals surface area contributed by atoms with Gasteiger partial charge in [0.1, 0.15) is 5.82 Å². The van der Waals surface area contributed by atoms with Crippen molar-refractivity contribution in [1.82, 2.24) is 0 Å². The summed E-state index contributed by atoms with van der Waals surface area (Å²) in [6.07, 6.45) is 12.5. The molecule has 0 saturated heterocycles. The summed E-state index contributed by atoms with van der Waals surface area (Å²) in [6.45, 7) is 2.29. The molecule has 0 atom stereocenters. The Hall–Kier alpha value is -1.28. The fourth-order valence-electron chi connectivity index (χ4n) is 4.31. The van der Waals surface area contributed by atoms with E-state index >= 15 is 0 Å². The van der Waals surface area contributed by atoms with Gasteiger partial charge in [-0.3, -0.25) is 0 Å². The number of thioether (sulfide) groups is 1. The number of benzene rings is 2. The van der Waals surface area contributed by atoms with Crippen molar-refractivity contribution in [3.8, 4) is 11.1 Å². The van der Waals surface area contributed by atoms with Crippen molar-refractivity contribution in [1.29, 1.82) is 0 Å². The van der Waals surface area contributed by atoms with E-state index in [1.54, 1.807) is 17.8 Å². The second kappa shape index (κ2) is 9.60. The zero-order chi connectivity index (χ0) is 18.4. The van der Waals surface area contributed by atoms with Crippen LogP contribution in [0.15, 0.2) is 47.4 Å². The van der Waals surface area contributed by atoms with Gasteiger partial charge in [-0.2, -0.15) is 0 Å². The molecule has 2 aromatic rings. The van der Waals surface area contributed by atoms with Gasteiger partial charge < -0.3 is 0 Å². The summed E-state index contributed by atoms with van der Waals surface area (Å²) in [6, 6.07) is 14.0. The van der Waals surface area contributed by atoms with E-state index in [1.807, 2.05) is 18.2 Å². The summed E-state index contributed by atoms with van der Waals surface area (Å²) >= 11 is 1.71. The van der Waals surface area contributed by atoms with Crippen molar-refractivity contribution in [3.63, 3.8) is 0 Å². The molecule has 0 bridgehead atoms. The van der Waals surface area contributed by atoms with Gasteiger partial charge >= 0.3 is 0 Å². The third kappa shape index (κ3) is 5.13. The normalized spacial score (nSPS) is 20.3. The van der Waals surface area contributed by atoms with Crippen LogP contribution < -0.4 is 0 Å². The summed E-state index contributed by atoms with van der Waals surface area (Å²) in [5.74, 6) is 1.71. The predicted octanol–water partition coefficient (Wildman–Crippen LogP) is 7.75. The molecule has 1 fully saturated rings. The summed E-state index contributed by atoms with van der Waals surface area (Å²) in [5, 5.41) is 0. The molecule has 0 aliphatic heterocycles. The van der Waals surface area contributed by atoms with Crippen LogP contribution in [0.3, 0.4) is 0 Å². The monoisotopic (exact) mass is 370 g/mol. The predicted molar refractivity (Wildman–Crippen MR) is 112 cm³/mol. The fraction of sp³-hybridized carbons (Fsp3) is 0.500. The lowest BCUT2D eigenvalue weighted by Crippen LogP contribution is -2.15. The quantitative estimate of drug-likeness (QED) is 0.449. The first-order valence-electron chi connectivity index (χ1n) is 10.1. The molecule has 2 heteroatoms. The smallest absolute Gasteiger partial charge is 0.131 e. The molecule has 3 rings (SSSR count). The summed E-state index contributed by atoms with van der Waals surface area (Å²) in [5.41, 5.74) is 2.81. The van der Waals surface area contributed by atoms with Gasteiger partial charge in [0, 0.05) is 10.5 Å². The molecule has 1 aliphatic carbocycles. The summed E-state index contributed by atoms with van der Waals surface area (Å²) in [4.78, 5) is 1.21. The van der Waals surface area contributed by atoms with Crippen LogP contribution in [-0.4, -0.2) is 6.26 Å². The van der Waals surface area contributed by atoms with Gasteiger partial charge in [0.15, 0.2) is 0 Å². The molecule has 0 heterocycles. The van der Waals surface area contributed by atoms with E-state index in [0.29, 0.717) is 5.56 Å². The van der Waals surface area contributed by atoms with Crippen molar-refractivity contribution < 1.29 is 4.39 Å². The van der Waals surface area contributed by atoms with Gasteiger partial charge in [-0.25, -0.2) is 4.39 Å². The molecule has 0 spiro atoms. The molecule has 0 amide bonds. The average molecular weight is 371 g/mol. The highest BCUT2D eigenvalue weighted by Crippen LogP contribution is 2.34. The van der Waals surface area contributed by atoms with Gasteiger partial charge in [-0.05, 0) is 60.3 Å². The van der Waals surface area contributed by atoms with Gasteiger partial charge in [0.25, 0.3) is 0 Å². The first-order valence-corrected chi connectivity index (χ1v) is 11.3. The lowest BCUT2D eigenvalue weighted by Gasteiger charge is -2.28. The van der Waals surface area contributed by atoms with Gasteiger partial charge in [0.05, 0.1) is 0 Å². The average Bonchev–Trinajstić information content (AvgIpc) is 2.68. The molecule has 1 aliphatic rings. The van der Waals surface area contributed by atoms with Crippen LogP contribution in [0.2, 0.25) is 0 Å². The van der Waals surface area contributed by atoms with Crippen LogP contribution in [0.25, 0.3) is 11.1 Å². The minimum atomic E-state index is -0.0916. The molecule has 26 heavy (non-hydrogen) atoms. The van der Waals surface area contributed by atoms with Crippen molar-refractivity contribution in [2.75, 3.05) is 6.26 Å². The Morgan fingerprint density at radius 1 is 0.923 bits per heavy atom. The fourth-order valence-corrected chi connectivity index (χ4v) is 4.71. The van der Waals surface area contributed by atoms with Gasteiger partial charge in [0.2, 0.25) is 0 Å². The lowest BCUT2D eigenvalue weighted by atomic mass is 9.78. The number of aryl methyl sites for hydroxylation is 1. The number of hydrogen-bond acceptors (Lipinski definition) is 1. The molecule has 1 saturated carbocycles. The van der Waals surface area contributed by atoms with Crippen LogP contribution in [0.4, 0.5) is 4.39 Å². The number of rotatable bonds is 7. The van der Waals surface area contributed by atoms with Crippen molar-refractivity contribution in [2.24, 2.45) is 11.8 Å². The largest absolute Gasteiger partial charge is 0.206 e. The molecule has 0 N–H and O–H groups in total. The zero-order valence-corrected chi connectivity index (χ0v) is 17.0. The molecular weight excluding hydrogens is 339 g/mol. The van der Waals surface area contributed by atoms with E-state index in [9.17, 15) is 4.39 Å². The van der Waals surface area contributed by atoms with E-state index in [0.717, 1.165) is 29.4 Å². The van der Waals surface area contributed by atoms with E-state index in [2.05, 4.69) is 31.4 Å². The Morgan fingerprint density at radius 2 is 1.58 bits per heavy atom. The third-order valence-electron chi connectivity index (χ3n) is 5.94. The van der Waals surface area contributed by atoms with Crippen LogP contribution >= 0.6 is 11.8 Å². The third-order valence-corrected chi connectivity index (χ3v) is 6.68. The highest BCUT2D eigenvalue weighted by Gasteiger charge is 2.20. The topological polar surface area (TPSA) is 0 Å². The van der Waals surface area contributed by atoms with E-state index in [1.165, 1.54) is 49.8 Å². The number of hydrogen-bond donors (Lipinski definition) is 0. The zero-order valence-electron chi connectivity index (χ0n) is 16.1. The summed E-state index contributed by atoms with van der Waals surface area (Å²) in [7, 11) is 0. The second-order valence-electron chi connectivity index (χ2n) is 7.76. The Labute approximate surface area is 162 Å². The van der Waals surface area contributed by atoms with Gasteiger partial charge in [-0.1, -0.05) is 69.7 Å². The summed E-state index contributed by atoms with van der Waals surface area (Å²) < 4.78 is 14.6. The number of halogens is 1. The van der Waals surface area contributed by atoms with Crippen LogP contribution in [-0.2, 0) is 6.42 Å². The van der Waals surface area contributed by atoms with E-state index < -0.39 is 0 Å². The molecule has 0 unspecified atom stereocenters. The maximum atomic E-state index is 14.6. The molecule has 2 aromatic carbocycles. The SMILES string of the molecule is CCCC1CCC(CCc2ccc(-c3ccc(SC)cc3)c(F)c2)CC1. The van der Waals surface area contributed by atoms with Crippen LogP contribution in [0.1, 0.15) is 57.4 Å². The molecular formula is C24H31FS. The van der Waals surface area contributed by atoms with E-state index in [4.69, 9.17) is 0 Å². The minimum absolute atomic E-state index is 0.0916. The molecule has 0 nitrogen and oxygen atoms in total. The highest BCUT2D eigenvalue weighted by atomic mass is 32.2. The van der Waals surface area contributed by atoms with E-state index in [-0.39, 0.29) is 5.82 Å². The minimum Gasteiger partial charge on any atom is -0.206 e. The van der Waals surface area contributed by atoms with Crippen molar-refractivity contribution in [2.45, 2.75) is 63.2 Å². The first-order chi connectivity index (χ1) is 12.7. The standard InChI is InChI=1S/C24H31FS/c1-3-4-18-5-7-19(8-6-18)9-10-20-11-16-23(24(25)17-20)21-12-14-22(26-2)15-13-21/h11-19H,3-10H2,1-2H3. The van der Waals surface area contributed by atoms with Crippen molar-refractivity contribution in [3.05, 3.63) is 53.8 Å². The maximum absolute atomic E-state index is 14.6. The maximum Gasteiger partial charge on any atom is 0.131 e. The Morgan fingerprint density at radius 3 is 2.15 bits per heavy atom. The van der Waals surface area contributed by atoms with Crippen LogP contribution in [0.5, 0.6) is 0 Å². The Balaban J connectivity index is 1.56. The van der Waals surface area contributed by atoms with Crippen LogP contribution in [0, 0.1) is 17.7 Å².